The monoisotopic (exact) mass is 378 g/mol. The molecule has 1 saturated carbocycles. The summed E-state index contributed by atoms with van der Waals surface area (Å²) in [6, 6.07) is 4.41. The molecule has 4 nitrogen and oxygen atoms in total. The van der Waals surface area contributed by atoms with E-state index in [1.54, 1.807) is 13.1 Å². The minimum Gasteiger partial charge on any atom is -0.317 e. The van der Waals surface area contributed by atoms with Gasteiger partial charge in [0, 0.05) is 23.6 Å². The molecule has 0 saturated heterocycles. The molecule has 0 heterocycles. The van der Waals surface area contributed by atoms with Crippen LogP contribution in [0.1, 0.15) is 25.7 Å². The molecule has 2 rings (SSSR count). The van der Waals surface area contributed by atoms with E-state index in [4.69, 9.17) is 0 Å². The summed E-state index contributed by atoms with van der Waals surface area (Å²) in [4.78, 5) is -0.260. The van der Waals surface area contributed by atoms with Crippen molar-refractivity contribution in [2.24, 2.45) is 0 Å². The number of halogens is 2. The summed E-state index contributed by atoms with van der Waals surface area (Å²) in [5.41, 5.74) is 0. The van der Waals surface area contributed by atoms with Gasteiger partial charge in [-0.25, -0.2) is 12.8 Å². The number of nitrogens with one attached hydrogen (secondary N) is 1. The van der Waals surface area contributed by atoms with Gasteiger partial charge in [0.1, 0.15) is 10.7 Å². The molecule has 1 aliphatic carbocycles. The lowest BCUT2D eigenvalue weighted by Crippen LogP contribution is -2.42. The Balaban J connectivity index is 2.19. The van der Waals surface area contributed by atoms with Crippen LogP contribution >= 0.6 is 15.9 Å². The minimum absolute atomic E-state index is 0.0670. The van der Waals surface area contributed by atoms with E-state index in [1.165, 1.54) is 16.4 Å². The van der Waals surface area contributed by atoms with E-state index in [1.807, 2.05) is 7.05 Å². The zero-order valence-corrected chi connectivity index (χ0v) is 14.5. The average Bonchev–Trinajstić information content (AvgIpc) is 2.46. The van der Waals surface area contributed by atoms with Crippen molar-refractivity contribution in [1.29, 1.82) is 0 Å². The highest BCUT2D eigenvalue weighted by atomic mass is 79.9. The molecule has 1 aliphatic rings. The molecular formula is C14H20BrFN2O2S. The van der Waals surface area contributed by atoms with Crippen LogP contribution in [0.15, 0.2) is 27.6 Å². The summed E-state index contributed by atoms with van der Waals surface area (Å²) in [7, 11) is -0.331. The van der Waals surface area contributed by atoms with Crippen LogP contribution < -0.4 is 5.32 Å². The van der Waals surface area contributed by atoms with Gasteiger partial charge in [-0.2, -0.15) is 4.31 Å². The number of sulfonamides is 1. The molecule has 0 bridgehead atoms. The lowest BCUT2D eigenvalue weighted by atomic mass is 9.91. The Morgan fingerprint density at radius 3 is 2.43 bits per heavy atom. The predicted molar refractivity (Wildman–Crippen MR) is 84.2 cm³/mol. The first kappa shape index (κ1) is 16.9. The maximum absolute atomic E-state index is 13.9. The molecule has 7 heteroatoms. The van der Waals surface area contributed by atoms with Gasteiger partial charge in [0.25, 0.3) is 0 Å². The van der Waals surface area contributed by atoms with E-state index in [0.717, 1.165) is 25.7 Å². The van der Waals surface area contributed by atoms with E-state index in [0.29, 0.717) is 10.5 Å². The van der Waals surface area contributed by atoms with E-state index < -0.39 is 15.8 Å². The van der Waals surface area contributed by atoms with Crippen molar-refractivity contribution in [3.63, 3.8) is 0 Å². The van der Waals surface area contributed by atoms with Crippen molar-refractivity contribution < 1.29 is 12.8 Å². The summed E-state index contributed by atoms with van der Waals surface area (Å²) in [6.45, 7) is 0. The highest BCUT2D eigenvalue weighted by Crippen LogP contribution is 2.28. The van der Waals surface area contributed by atoms with Crippen LogP contribution in [-0.4, -0.2) is 38.9 Å². The van der Waals surface area contributed by atoms with Gasteiger partial charge in [0.2, 0.25) is 10.0 Å². The second-order valence-corrected chi connectivity index (χ2v) is 8.27. The SMILES string of the molecule is CNC1CCC(N(C)S(=O)(=O)c2ccc(Br)cc2F)CC1. The zero-order chi connectivity index (χ0) is 15.6. The standard InChI is InChI=1S/C14H20BrFN2O2S/c1-17-11-4-6-12(7-5-11)18(2)21(19,20)14-8-3-10(15)9-13(14)16/h3,8-9,11-12,17H,4-7H2,1-2H3. The van der Waals surface area contributed by atoms with Gasteiger partial charge in [-0.1, -0.05) is 15.9 Å². The molecule has 0 aromatic heterocycles. The molecule has 0 spiro atoms. The van der Waals surface area contributed by atoms with Gasteiger partial charge in [-0.3, -0.25) is 0 Å². The Hall–Kier alpha value is -0.500. The normalized spacial score (nSPS) is 23.5. The van der Waals surface area contributed by atoms with Crippen LogP contribution in [0.25, 0.3) is 0 Å². The Kier molecular flexibility index (Phi) is 5.40. The van der Waals surface area contributed by atoms with E-state index >= 15 is 0 Å². The average molecular weight is 379 g/mol. The quantitative estimate of drug-likeness (QED) is 0.875. The number of nitrogens with zero attached hydrogens (tertiary/aromatic N) is 1. The molecule has 1 aromatic carbocycles. The van der Waals surface area contributed by atoms with Crippen molar-refractivity contribution in [2.45, 2.75) is 42.7 Å². The first-order chi connectivity index (χ1) is 9.86. The van der Waals surface area contributed by atoms with Crippen LogP contribution in [0.5, 0.6) is 0 Å². The topological polar surface area (TPSA) is 49.4 Å². The Labute approximate surface area is 133 Å². The largest absolute Gasteiger partial charge is 0.317 e. The molecule has 0 atom stereocenters. The predicted octanol–water partition coefficient (Wildman–Crippen LogP) is 2.74. The number of rotatable bonds is 4. The highest BCUT2D eigenvalue weighted by molar-refractivity contribution is 9.10. The smallest absolute Gasteiger partial charge is 0.245 e. The van der Waals surface area contributed by atoms with Crippen molar-refractivity contribution >= 4 is 26.0 Å². The maximum Gasteiger partial charge on any atom is 0.245 e. The fourth-order valence-electron chi connectivity index (χ4n) is 2.76. The summed E-state index contributed by atoms with van der Waals surface area (Å²) in [5.74, 6) is -0.722. The van der Waals surface area contributed by atoms with Crippen LogP contribution in [0.4, 0.5) is 4.39 Å². The molecule has 118 valence electrons. The van der Waals surface area contributed by atoms with Crippen molar-refractivity contribution in [2.75, 3.05) is 14.1 Å². The molecule has 0 radical (unpaired) electrons. The van der Waals surface area contributed by atoms with Crippen LogP contribution in [0, 0.1) is 5.82 Å². The Morgan fingerprint density at radius 2 is 1.90 bits per heavy atom. The highest BCUT2D eigenvalue weighted by Gasteiger charge is 2.32. The molecule has 0 amide bonds. The molecule has 21 heavy (non-hydrogen) atoms. The maximum atomic E-state index is 13.9. The summed E-state index contributed by atoms with van der Waals surface area (Å²) in [5, 5.41) is 3.22. The van der Waals surface area contributed by atoms with Gasteiger partial charge >= 0.3 is 0 Å². The van der Waals surface area contributed by atoms with Crippen molar-refractivity contribution in [3.05, 3.63) is 28.5 Å². The molecule has 1 fully saturated rings. The van der Waals surface area contributed by atoms with Crippen LogP contribution in [0.3, 0.4) is 0 Å². The molecular weight excluding hydrogens is 359 g/mol. The first-order valence-corrected chi connectivity index (χ1v) is 9.20. The van der Waals surface area contributed by atoms with Gasteiger partial charge in [0.05, 0.1) is 0 Å². The summed E-state index contributed by atoms with van der Waals surface area (Å²) < 4.78 is 40.9. The second kappa shape index (κ2) is 6.73. The Morgan fingerprint density at radius 1 is 1.29 bits per heavy atom. The van der Waals surface area contributed by atoms with Gasteiger partial charge in [0.15, 0.2) is 0 Å². The number of hydrogen-bond donors (Lipinski definition) is 1. The van der Waals surface area contributed by atoms with E-state index in [9.17, 15) is 12.8 Å². The zero-order valence-electron chi connectivity index (χ0n) is 12.1. The Bertz CT molecular complexity index is 601. The summed E-state index contributed by atoms with van der Waals surface area (Å²) in [6.07, 6.45) is 3.45. The second-order valence-electron chi connectivity index (χ2n) is 5.39. The lowest BCUT2D eigenvalue weighted by Gasteiger charge is -2.33. The fourth-order valence-corrected chi connectivity index (χ4v) is 4.56. The first-order valence-electron chi connectivity index (χ1n) is 6.96. The van der Waals surface area contributed by atoms with Gasteiger partial charge in [-0.05, 0) is 50.9 Å². The molecule has 0 unspecified atom stereocenters. The summed E-state index contributed by atoms with van der Waals surface area (Å²) >= 11 is 3.14. The number of hydrogen-bond acceptors (Lipinski definition) is 3. The fraction of sp³-hybridized carbons (Fsp3) is 0.571. The molecule has 1 aromatic rings. The van der Waals surface area contributed by atoms with Crippen molar-refractivity contribution in [3.8, 4) is 0 Å². The molecule has 1 N–H and O–H groups in total. The van der Waals surface area contributed by atoms with Crippen LogP contribution in [-0.2, 0) is 10.0 Å². The van der Waals surface area contributed by atoms with E-state index in [2.05, 4.69) is 21.2 Å². The third-order valence-corrected chi connectivity index (χ3v) is 6.61. The van der Waals surface area contributed by atoms with Crippen molar-refractivity contribution in [1.82, 2.24) is 9.62 Å². The minimum atomic E-state index is -3.79. The molecule has 0 aliphatic heterocycles. The third-order valence-electron chi connectivity index (χ3n) is 4.17. The van der Waals surface area contributed by atoms with E-state index in [-0.39, 0.29) is 10.9 Å². The van der Waals surface area contributed by atoms with Gasteiger partial charge in [-0.15, -0.1) is 0 Å². The van der Waals surface area contributed by atoms with Gasteiger partial charge < -0.3 is 5.32 Å². The van der Waals surface area contributed by atoms with Crippen LogP contribution in [0.2, 0.25) is 0 Å². The lowest BCUT2D eigenvalue weighted by molar-refractivity contribution is 0.254. The number of benzene rings is 1. The third kappa shape index (κ3) is 3.64.